The molecular formula is C27H34N4O8. The summed E-state index contributed by atoms with van der Waals surface area (Å²) in [5.74, 6) is -2.10. The molecule has 0 aliphatic carbocycles. The quantitative estimate of drug-likeness (QED) is 0.356. The topological polar surface area (TPSA) is 163 Å². The summed E-state index contributed by atoms with van der Waals surface area (Å²) in [5.41, 5.74) is 1.02. The molecule has 0 heterocycles. The molecule has 4 amide bonds. The minimum absolute atomic E-state index is 0.0327. The van der Waals surface area contributed by atoms with Crippen LogP contribution in [0, 0.1) is 0 Å². The average Bonchev–Trinajstić information content (AvgIpc) is 2.86. The number of rotatable bonds is 10. The third kappa shape index (κ3) is 10.7. The third-order valence-electron chi connectivity index (χ3n) is 5.11. The first-order valence-electron chi connectivity index (χ1n) is 12.1. The van der Waals surface area contributed by atoms with E-state index in [0.717, 1.165) is 0 Å². The number of carboxylic acids is 1. The maximum atomic E-state index is 12.4. The number of carbonyl (C=O) groups is 5. The van der Waals surface area contributed by atoms with E-state index in [1.807, 2.05) is 0 Å². The van der Waals surface area contributed by atoms with Crippen molar-refractivity contribution in [2.24, 2.45) is 0 Å². The van der Waals surface area contributed by atoms with Gasteiger partial charge in [-0.1, -0.05) is 30.3 Å². The number of anilines is 1. The number of carboxylic acid groups (broad SMARTS) is 1. The molecule has 2 aromatic carbocycles. The smallest absolute Gasteiger partial charge is 0.410 e. The van der Waals surface area contributed by atoms with E-state index < -0.39 is 41.6 Å². The highest BCUT2D eigenvalue weighted by Crippen LogP contribution is 2.14. The van der Waals surface area contributed by atoms with Gasteiger partial charge in [-0.25, -0.2) is 14.4 Å². The summed E-state index contributed by atoms with van der Waals surface area (Å²) in [6, 6.07) is 12.1. The SMILES string of the molecule is CC(NC(=O)CNC(=O)OC(C)(C)C)C(=O)Nc1ccc(COC(=O)N(C)Cc2ccccc2C(=O)O)cc1. The fourth-order valence-corrected chi connectivity index (χ4v) is 3.20. The molecule has 0 saturated carbocycles. The summed E-state index contributed by atoms with van der Waals surface area (Å²) in [6.07, 6.45) is -1.37. The summed E-state index contributed by atoms with van der Waals surface area (Å²) in [6.45, 7) is 6.28. The first-order chi connectivity index (χ1) is 18.2. The Morgan fingerprint density at radius 1 is 1.00 bits per heavy atom. The van der Waals surface area contributed by atoms with Crippen molar-refractivity contribution in [1.29, 1.82) is 0 Å². The zero-order valence-electron chi connectivity index (χ0n) is 22.6. The highest BCUT2D eigenvalue weighted by Gasteiger charge is 2.19. The Labute approximate surface area is 226 Å². The van der Waals surface area contributed by atoms with Crippen molar-refractivity contribution in [2.45, 2.75) is 52.5 Å². The van der Waals surface area contributed by atoms with Crippen LogP contribution < -0.4 is 16.0 Å². The Balaban J connectivity index is 1.79. The fourth-order valence-electron chi connectivity index (χ4n) is 3.20. The van der Waals surface area contributed by atoms with E-state index in [-0.39, 0.29) is 25.3 Å². The van der Waals surface area contributed by atoms with Gasteiger partial charge in [-0.05, 0) is 57.0 Å². The van der Waals surface area contributed by atoms with Gasteiger partial charge in [-0.3, -0.25) is 9.59 Å². The van der Waals surface area contributed by atoms with Crippen LogP contribution in [0.15, 0.2) is 48.5 Å². The molecule has 0 spiro atoms. The maximum absolute atomic E-state index is 12.4. The first-order valence-corrected chi connectivity index (χ1v) is 12.1. The highest BCUT2D eigenvalue weighted by molar-refractivity contribution is 5.97. The van der Waals surface area contributed by atoms with Gasteiger partial charge in [0.2, 0.25) is 11.8 Å². The molecule has 12 heteroatoms. The van der Waals surface area contributed by atoms with Crippen LogP contribution in [0.2, 0.25) is 0 Å². The molecule has 0 aliphatic rings. The minimum Gasteiger partial charge on any atom is -0.478 e. The van der Waals surface area contributed by atoms with Crippen molar-refractivity contribution < 1.29 is 38.6 Å². The minimum atomic E-state index is -1.08. The van der Waals surface area contributed by atoms with Gasteiger partial charge in [0.25, 0.3) is 0 Å². The van der Waals surface area contributed by atoms with E-state index in [2.05, 4.69) is 16.0 Å². The summed E-state index contributed by atoms with van der Waals surface area (Å²) >= 11 is 0. The molecule has 1 atom stereocenters. The van der Waals surface area contributed by atoms with Crippen LogP contribution in [0.1, 0.15) is 49.2 Å². The van der Waals surface area contributed by atoms with E-state index in [1.54, 1.807) is 63.2 Å². The number of amides is 4. The van der Waals surface area contributed by atoms with Crippen LogP contribution in [0.5, 0.6) is 0 Å². The van der Waals surface area contributed by atoms with Gasteiger partial charge in [0.05, 0.1) is 5.56 Å². The van der Waals surface area contributed by atoms with E-state index >= 15 is 0 Å². The second kappa shape index (κ2) is 13.8. The second-order valence-corrected chi connectivity index (χ2v) is 9.70. The number of nitrogens with zero attached hydrogens (tertiary/aromatic N) is 1. The van der Waals surface area contributed by atoms with Gasteiger partial charge in [0, 0.05) is 19.3 Å². The van der Waals surface area contributed by atoms with Gasteiger partial charge < -0.3 is 35.4 Å². The molecule has 2 rings (SSSR count). The average molecular weight is 543 g/mol. The van der Waals surface area contributed by atoms with Gasteiger partial charge in [0.1, 0.15) is 24.8 Å². The molecule has 0 bridgehead atoms. The zero-order chi connectivity index (χ0) is 29.2. The predicted molar refractivity (Wildman–Crippen MR) is 142 cm³/mol. The van der Waals surface area contributed by atoms with Gasteiger partial charge in [-0.2, -0.15) is 0 Å². The number of ether oxygens (including phenoxy) is 2. The molecule has 0 aromatic heterocycles. The molecule has 12 nitrogen and oxygen atoms in total. The Bertz CT molecular complexity index is 1190. The first kappa shape index (κ1) is 30.6. The summed E-state index contributed by atoms with van der Waals surface area (Å²) in [5, 5.41) is 16.8. The molecule has 0 aliphatic heterocycles. The van der Waals surface area contributed by atoms with Crippen molar-refractivity contribution in [3.05, 3.63) is 65.2 Å². The Morgan fingerprint density at radius 3 is 2.26 bits per heavy atom. The molecule has 210 valence electrons. The summed E-state index contributed by atoms with van der Waals surface area (Å²) in [7, 11) is 1.51. The molecule has 4 N–H and O–H groups in total. The number of aromatic carboxylic acids is 1. The number of nitrogens with one attached hydrogen (secondary N) is 3. The molecular weight excluding hydrogens is 508 g/mol. The van der Waals surface area contributed by atoms with Crippen LogP contribution in [0.4, 0.5) is 15.3 Å². The normalized spacial score (nSPS) is 11.5. The van der Waals surface area contributed by atoms with Gasteiger partial charge in [0.15, 0.2) is 0 Å². The third-order valence-corrected chi connectivity index (χ3v) is 5.11. The fraction of sp³-hybridized carbons (Fsp3) is 0.370. The van der Waals surface area contributed by atoms with Crippen LogP contribution >= 0.6 is 0 Å². The lowest BCUT2D eigenvalue weighted by molar-refractivity contribution is -0.125. The van der Waals surface area contributed by atoms with Crippen LogP contribution in [-0.2, 0) is 32.2 Å². The molecule has 2 aromatic rings. The van der Waals surface area contributed by atoms with Gasteiger partial charge in [-0.15, -0.1) is 0 Å². The number of hydrogen-bond donors (Lipinski definition) is 4. The summed E-state index contributed by atoms with van der Waals surface area (Å²) < 4.78 is 10.3. The molecule has 0 fully saturated rings. The second-order valence-electron chi connectivity index (χ2n) is 9.70. The van der Waals surface area contributed by atoms with Crippen LogP contribution in [-0.4, -0.2) is 65.2 Å². The van der Waals surface area contributed by atoms with E-state index in [4.69, 9.17) is 9.47 Å². The largest absolute Gasteiger partial charge is 0.478 e. The standard InChI is InChI=1S/C27H34N4O8/c1-17(29-22(32)14-28-25(36)39-27(2,3)4)23(33)30-20-12-10-18(11-13-20)16-38-26(37)31(5)15-19-8-6-7-9-21(19)24(34)35/h6-13,17H,14-16H2,1-5H3,(H,28,36)(H,29,32)(H,30,33)(H,34,35). The van der Waals surface area contributed by atoms with Crippen molar-refractivity contribution in [3.8, 4) is 0 Å². The van der Waals surface area contributed by atoms with Crippen LogP contribution in [0.25, 0.3) is 0 Å². The summed E-state index contributed by atoms with van der Waals surface area (Å²) in [4.78, 5) is 61.0. The molecule has 0 saturated heterocycles. The van der Waals surface area contributed by atoms with E-state index in [0.29, 0.717) is 16.8 Å². The zero-order valence-corrected chi connectivity index (χ0v) is 22.6. The lowest BCUT2D eigenvalue weighted by Crippen LogP contribution is -2.46. The Morgan fingerprint density at radius 2 is 1.64 bits per heavy atom. The van der Waals surface area contributed by atoms with Crippen LogP contribution in [0.3, 0.4) is 0 Å². The van der Waals surface area contributed by atoms with Gasteiger partial charge >= 0.3 is 18.2 Å². The van der Waals surface area contributed by atoms with Crippen molar-refractivity contribution >= 4 is 35.7 Å². The van der Waals surface area contributed by atoms with E-state index in [1.165, 1.54) is 24.9 Å². The number of carbonyl (C=O) groups excluding carboxylic acids is 4. The van der Waals surface area contributed by atoms with Crippen molar-refractivity contribution in [3.63, 3.8) is 0 Å². The number of alkyl carbamates (subject to hydrolysis) is 1. The van der Waals surface area contributed by atoms with Crippen molar-refractivity contribution in [2.75, 3.05) is 18.9 Å². The monoisotopic (exact) mass is 542 g/mol. The molecule has 0 radical (unpaired) electrons. The lowest BCUT2D eigenvalue weighted by Gasteiger charge is -2.20. The number of hydrogen-bond acceptors (Lipinski definition) is 7. The number of benzene rings is 2. The van der Waals surface area contributed by atoms with Crippen molar-refractivity contribution in [1.82, 2.24) is 15.5 Å². The Hall–Kier alpha value is -4.61. The Kier molecular flexibility index (Phi) is 10.8. The maximum Gasteiger partial charge on any atom is 0.410 e. The molecule has 1 unspecified atom stereocenters. The molecule has 39 heavy (non-hydrogen) atoms. The predicted octanol–water partition coefficient (Wildman–Crippen LogP) is 3.12. The highest BCUT2D eigenvalue weighted by atomic mass is 16.6. The van der Waals surface area contributed by atoms with E-state index in [9.17, 15) is 29.1 Å². The lowest BCUT2D eigenvalue weighted by atomic mass is 10.1.